The summed E-state index contributed by atoms with van der Waals surface area (Å²) in [5, 5.41) is 2.94. The molecule has 32 heavy (non-hydrogen) atoms. The molecule has 1 aliphatic heterocycles. The molecule has 3 amide bonds. The van der Waals surface area contributed by atoms with Gasteiger partial charge in [0.15, 0.2) is 0 Å². The minimum Gasteiger partial charge on any atom is -0.360 e. The molecule has 0 atom stereocenters. The molecule has 164 valence electrons. The summed E-state index contributed by atoms with van der Waals surface area (Å²) in [5.41, 5.74) is 0.925. The molecule has 0 bridgehead atoms. The van der Waals surface area contributed by atoms with Crippen LogP contribution in [0, 0.1) is 0 Å². The van der Waals surface area contributed by atoms with Gasteiger partial charge in [-0.25, -0.2) is 0 Å². The zero-order chi connectivity index (χ0) is 22.5. The van der Waals surface area contributed by atoms with Gasteiger partial charge in [0.25, 0.3) is 5.91 Å². The van der Waals surface area contributed by atoms with Crippen molar-refractivity contribution < 1.29 is 14.4 Å². The van der Waals surface area contributed by atoms with Crippen molar-refractivity contribution in [3.05, 3.63) is 76.3 Å². The largest absolute Gasteiger partial charge is 0.360 e. The third-order valence-corrected chi connectivity index (χ3v) is 5.48. The van der Waals surface area contributed by atoms with Crippen LogP contribution in [0.25, 0.3) is 10.9 Å². The number of carbonyl (C=O) groups is 3. The van der Waals surface area contributed by atoms with Crippen molar-refractivity contribution in [3.63, 3.8) is 0 Å². The molecular formula is C23H23N5O4. The maximum absolute atomic E-state index is 12.5. The Morgan fingerprint density at radius 1 is 0.938 bits per heavy atom. The number of piperazine rings is 1. The molecule has 9 heteroatoms. The Hall–Kier alpha value is -4.01. The number of benzene rings is 1. The van der Waals surface area contributed by atoms with Crippen LogP contribution >= 0.6 is 0 Å². The lowest BCUT2D eigenvalue weighted by molar-refractivity contribution is -0.138. The molecule has 0 spiro atoms. The number of nitrogens with zero attached hydrogens (tertiary/aromatic N) is 3. The Balaban J connectivity index is 1.28. The predicted molar refractivity (Wildman–Crippen MR) is 118 cm³/mol. The lowest BCUT2D eigenvalue weighted by atomic mass is 10.1. The van der Waals surface area contributed by atoms with Gasteiger partial charge in [0.1, 0.15) is 5.56 Å². The number of aromatic nitrogens is 2. The lowest BCUT2D eigenvalue weighted by Gasteiger charge is -2.34. The van der Waals surface area contributed by atoms with Gasteiger partial charge in [-0.1, -0.05) is 18.2 Å². The Morgan fingerprint density at radius 2 is 1.62 bits per heavy atom. The minimum atomic E-state index is -0.602. The number of hydrogen-bond acceptors (Lipinski definition) is 5. The number of nitrogens with one attached hydrogen (secondary N) is 2. The van der Waals surface area contributed by atoms with E-state index in [2.05, 4.69) is 15.3 Å². The van der Waals surface area contributed by atoms with E-state index in [0.29, 0.717) is 42.8 Å². The number of hydrogen-bond donors (Lipinski definition) is 2. The first kappa shape index (κ1) is 21.2. The van der Waals surface area contributed by atoms with E-state index in [1.165, 1.54) is 6.20 Å². The lowest BCUT2D eigenvalue weighted by Crippen LogP contribution is -2.53. The second-order valence-electron chi connectivity index (χ2n) is 7.52. The van der Waals surface area contributed by atoms with E-state index in [1.54, 1.807) is 52.4 Å². The van der Waals surface area contributed by atoms with Crippen LogP contribution in [0.1, 0.15) is 16.1 Å². The molecule has 0 unspecified atom stereocenters. The van der Waals surface area contributed by atoms with E-state index < -0.39 is 5.91 Å². The first-order valence-electron chi connectivity index (χ1n) is 10.4. The zero-order valence-electron chi connectivity index (χ0n) is 17.4. The number of pyridine rings is 2. The van der Waals surface area contributed by atoms with E-state index in [4.69, 9.17) is 0 Å². The maximum Gasteiger partial charge on any atom is 0.257 e. The van der Waals surface area contributed by atoms with Crippen LogP contribution < -0.4 is 10.7 Å². The molecule has 1 aromatic carbocycles. The standard InChI is InChI=1S/C23H23N5O4/c29-20(13-16-5-3-4-8-24-16)27-9-11-28(12-10-27)21(30)15-26-23(32)18-14-25-19-7-2-1-6-17(19)22(18)31/h1-8,14H,9-13,15H2,(H,25,31)(H,26,32). The fourth-order valence-corrected chi connectivity index (χ4v) is 3.67. The summed E-state index contributed by atoms with van der Waals surface area (Å²) in [5.74, 6) is -0.887. The SMILES string of the molecule is O=C(NCC(=O)N1CCN(C(=O)Cc2ccccn2)CC1)c1c[nH]c2ccccc2c1=O. The van der Waals surface area contributed by atoms with Crippen molar-refractivity contribution in [2.45, 2.75) is 6.42 Å². The second-order valence-corrected chi connectivity index (χ2v) is 7.52. The summed E-state index contributed by atoms with van der Waals surface area (Å²) < 4.78 is 0. The summed E-state index contributed by atoms with van der Waals surface area (Å²) in [4.78, 5) is 60.3. The number of carbonyl (C=O) groups excluding carboxylic acids is 3. The van der Waals surface area contributed by atoms with Crippen LogP contribution in [0.3, 0.4) is 0 Å². The average Bonchev–Trinajstić information content (AvgIpc) is 2.83. The van der Waals surface area contributed by atoms with Gasteiger partial charge >= 0.3 is 0 Å². The van der Waals surface area contributed by atoms with Crippen molar-refractivity contribution in [3.8, 4) is 0 Å². The number of aromatic amines is 1. The quantitative estimate of drug-likeness (QED) is 0.610. The fourth-order valence-electron chi connectivity index (χ4n) is 3.67. The van der Waals surface area contributed by atoms with E-state index >= 15 is 0 Å². The van der Waals surface area contributed by atoms with Gasteiger partial charge in [-0.3, -0.25) is 24.2 Å². The summed E-state index contributed by atoms with van der Waals surface area (Å²) in [6, 6.07) is 12.4. The van der Waals surface area contributed by atoms with E-state index in [-0.39, 0.29) is 35.8 Å². The Labute approximate surface area is 184 Å². The zero-order valence-corrected chi connectivity index (χ0v) is 17.4. The van der Waals surface area contributed by atoms with Crippen molar-refractivity contribution in [2.75, 3.05) is 32.7 Å². The molecule has 0 aliphatic carbocycles. The monoisotopic (exact) mass is 433 g/mol. The minimum absolute atomic E-state index is 0.0281. The number of rotatable bonds is 5. The first-order valence-corrected chi connectivity index (χ1v) is 10.4. The number of fused-ring (bicyclic) bond motifs is 1. The smallest absolute Gasteiger partial charge is 0.257 e. The van der Waals surface area contributed by atoms with E-state index in [9.17, 15) is 19.2 Å². The molecule has 1 aliphatic rings. The van der Waals surface area contributed by atoms with Crippen molar-refractivity contribution in [2.24, 2.45) is 0 Å². The molecule has 3 aromatic rings. The van der Waals surface area contributed by atoms with Gasteiger partial charge in [-0.2, -0.15) is 0 Å². The average molecular weight is 433 g/mol. The van der Waals surface area contributed by atoms with E-state index in [1.807, 2.05) is 6.07 Å². The van der Waals surface area contributed by atoms with Crippen LogP contribution in [0.5, 0.6) is 0 Å². The summed E-state index contributed by atoms with van der Waals surface area (Å²) in [6.07, 6.45) is 3.24. The summed E-state index contributed by atoms with van der Waals surface area (Å²) >= 11 is 0. The van der Waals surface area contributed by atoms with Gasteiger partial charge in [0, 0.05) is 55.2 Å². The van der Waals surface area contributed by atoms with Crippen molar-refractivity contribution >= 4 is 28.6 Å². The predicted octanol–water partition coefficient (Wildman–Crippen LogP) is 0.566. The third-order valence-electron chi connectivity index (χ3n) is 5.48. The molecule has 2 N–H and O–H groups in total. The number of para-hydroxylation sites is 1. The molecule has 1 saturated heterocycles. The highest BCUT2D eigenvalue weighted by Crippen LogP contribution is 2.08. The second kappa shape index (κ2) is 9.42. The van der Waals surface area contributed by atoms with Crippen LogP contribution in [0.2, 0.25) is 0 Å². The fraction of sp³-hybridized carbons (Fsp3) is 0.261. The molecule has 3 heterocycles. The van der Waals surface area contributed by atoms with Gasteiger partial charge in [-0.15, -0.1) is 0 Å². The Bertz CT molecular complexity index is 1200. The van der Waals surface area contributed by atoms with Crippen LogP contribution in [-0.4, -0.2) is 70.2 Å². The molecule has 1 fully saturated rings. The van der Waals surface area contributed by atoms with Crippen molar-refractivity contribution in [1.82, 2.24) is 25.1 Å². The normalized spacial score (nSPS) is 13.8. The van der Waals surface area contributed by atoms with Crippen LogP contribution in [0.4, 0.5) is 0 Å². The van der Waals surface area contributed by atoms with Gasteiger partial charge in [0.05, 0.1) is 13.0 Å². The Kier molecular flexibility index (Phi) is 6.25. The van der Waals surface area contributed by atoms with Gasteiger partial charge in [-0.05, 0) is 24.3 Å². The molecular weight excluding hydrogens is 410 g/mol. The number of H-pyrrole nitrogens is 1. The number of amides is 3. The highest BCUT2D eigenvalue weighted by atomic mass is 16.2. The van der Waals surface area contributed by atoms with E-state index in [0.717, 1.165) is 0 Å². The molecule has 0 saturated carbocycles. The van der Waals surface area contributed by atoms with Crippen LogP contribution in [-0.2, 0) is 16.0 Å². The highest BCUT2D eigenvalue weighted by Gasteiger charge is 2.25. The molecule has 0 radical (unpaired) electrons. The molecule has 2 aromatic heterocycles. The van der Waals surface area contributed by atoms with Gasteiger partial charge < -0.3 is 20.1 Å². The molecule has 4 rings (SSSR count). The summed E-state index contributed by atoms with van der Waals surface area (Å²) in [6.45, 7) is 1.41. The highest BCUT2D eigenvalue weighted by molar-refractivity contribution is 5.98. The third kappa shape index (κ3) is 4.66. The summed E-state index contributed by atoms with van der Waals surface area (Å²) in [7, 11) is 0. The van der Waals surface area contributed by atoms with Gasteiger partial charge in [0.2, 0.25) is 17.2 Å². The first-order chi connectivity index (χ1) is 15.5. The van der Waals surface area contributed by atoms with Crippen LogP contribution in [0.15, 0.2) is 59.7 Å². The molecule has 9 nitrogen and oxygen atoms in total. The Morgan fingerprint density at radius 3 is 2.34 bits per heavy atom. The van der Waals surface area contributed by atoms with Crippen molar-refractivity contribution in [1.29, 1.82) is 0 Å². The maximum atomic E-state index is 12.5. The topological polar surface area (TPSA) is 115 Å².